The number of benzene rings is 1. The lowest BCUT2D eigenvalue weighted by Gasteiger charge is -2.22. The number of carbonyl (C=O) groups is 2. The summed E-state index contributed by atoms with van der Waals surface area (Å²) in [7, 11) is 1.39. The summed E-state index contributed by atoms with van der Waals surface area (Å²) in [4.78, 5) is 26.5. The minimum absolute atomic E-state index is 0.0930. The fourth-order valence-corrected chi connectivity index (χ4v) is 6.68. The van der Waals surface area contributed by atoms with Crippen molar-refractivity contribution in [1.29, 1.82) is 0 Å². The smallest absolute Gasteiger partial charge is 0.341 e. The molecule has 1 amide bonds. The molecule has 2 aliphatic rings. The second-order valence-corrected chi connectivity index (χ2v) is 12.6. The molecule has 0 bridgehead atoms. The number of amides is 1. The van der Waals surface area contributed by atoms with E-state index in [9.17, 15) is 9.59 Å². The number of esters is 1. The van der Waals surface area contributed by atoms with Crippen LogP contribution in [-0.4, -0.2) is 22.2 Å². The quantitative estimate of drug-likeness (QED) is 0.414. The van der Waals surface area contributed by atoms with Crippen LogP contribution in [0.15, 0.2) is 30.3 Å². The standard InChI is InChI=1S/C21H21Br2NO3S/c1-20(11-21(20,22)23)19(26)24-17-16(18(25)27-2)14-9-8-13(10-15(14)28-17)12-6-4-3-5-7-12/h3-7,13H,8-11H2,1-2H3,(H,24,26)/t13-,20-/m1/s1. The molecule has 0 radical (unpaired) electrons. The van der Waals surface area contributed by atoms with Crippen LogP contribution in [0.2, 0.25) is 0 Å². The molecule has 1 saturated carbocycles. The topological polar surface area (TPSA) is 55.4 Å². The summed E-state index contributed by atoms with van der Waals surface area (Å²) in [6, 6.07) is 10.5. The monoisotopic (exact) mass is 525 g/mol. The van der Waals surface area contributed by atoms with Gasteiger partial charge in [0.2, 0.25) is 5.91 Å². The highest BCUT2D eigenvalue weighted by Gasteiger charge is 2.66. The van der Waals surface area contributed by atoms with Gasteiger partial charge in [-0.25, -0.2) is 4.79 Å². The number of nitrogens with one attached hydrogen (secondary N) is 1. The van der Waals surface area contributed by atoms with Crippen molar-refractivity contribution in [3.63, 3.8) is 0 Å². The van der Waals surface area contributed by atoms with Crippen LogP contribution in [0.1, 0.15) is 52.0 Å². The number of carbonyl (C=O) groups excluding carboxylic acids is 2. The Labute approximate surface area is 185 Å². The summed E-state index contributed by atoms with van der Waals surface area (Å²) >= 11 is 8.60. The van der Waals surface area contributed by atoms with E-state index in [2.05, 4.69) is 61.4 Å². The Morgan fingerprint density at radius 3 is 2.54 bits per heavy atom. The Balaban J connectivity index is 1.64. The van der Waals surface area contributed by atoms with Crippen molar-refractivity contribution in [3.8, 4) is 0 Å². The Kier molecular flexibility index (Phi) is 5.21. The van der Waals surface area contributed by atoms with Crippen LogP contribution in [0.5, 0.6) is 0 Å². The summed E-state index contributed by atoms with van der Waals surface area (Å²) in [6.07, 6.45) is 3.36. The molecule has 1 N–H and O–H groups in total. The molecule has 4 rings (SSSR count). The van der Waals surface area contributed by atoms with Gasteiger partial charge in [-0.3, -0.25) is 4.79 Å². The van der Waals surface area contributed by atoms with E-state index in [0.29, 0.717) is 22.9 Å². The highest BCUT2D eigenvalue weighted by molar-refractivity contribution is 9.25. The first-order valence-corrected chi connectivity index (χ1v) is 11.6. The molecule has 1 heterocycles. The summed E-state index contributed by atoms with van der Waals surface area (Å²) in [5.74, 6) is -0.0412. The Hall–Kier alpha value is -1.18. The number of hydrogen-bond donors (Lipinski definition) is 1. The summed E-state index contributed by atoms with van der Waals surface area (Å²) in [5.41, 5.74) is 2.34. The third-order valence-electron chi connectivity index (χ3n) is 5.91. The first kappa shape index (κ1) is 20.1. The predicted molar refractivity (Wildman–Crippen MR) is 119 cm³/mol. The summed E-state index contributed by atoms with van der Waals surface area (Å²) < 4.78 is 4.66. The number of methoxy groups -OCH3 is 1. The van der Waals surface area contributed by atoms with Crippen molar-refractivity contribution < 1.29 is 14.3 Å². The van der Waals surface area contributed by atoms with Gasteiger partial charge in [0.25, 0.3) is 0 Å². The van der Waals surface area contributed by atoms with Crippen molar-refractivity contribution in [2.75, 3.05) is 12.4 Å². The number of hydrogen-bond acceptors (Lipinski definition) is 4. The number of ether oxygens (including phenoxy) is 1. The molecular weight excluding hydrogens is 506 g/mol. The van der Waals surface area contributed by atoms with Crippen molar-refractivity contribution in [3.05, 3.63) is 51.9 Å². The molecule has 2 aromatic rings. The minimum Gasteiger partial charge on any atom is -0.465 e. The number of fused-ring (bicyclic) bond motifs is 1. The first-order valence-electron chi connectivity index (χ1n) is 9.24. The maximum atomic E-state index is 12.9. The number of anilines is 1. The van der Waals surface area contributed by atoms with E-state index < -0.39 is 5.41 Å². The van der Waals surface area contributed by atoms with Gasteiger partial charge < -0.3 is 10.1 Å². The zero-order valence-electron chi connectivity index (χ0n) is 15.7. The Morgan fingerprint density at radius 2 is 1.93 bits per heavy atom. The average molecular weight is 527 g/mol. The van der Waals surface area contributed by atoms with Gasteiger partial charge in [0.1, 0.15) is 5.00 Å². The van der Waals surface area contributed by atoms with Crippen LogP contribution in [0.3, 0.4) is 0 Å². The second-order valence-electron chi connectivity index (χ2n) is 7.72. The van der Waals surface area contributed by atoms with Crippen LogP contribution in [-0.2, 0) is 22.4 Å². The molecule has 1 fully saturated rings. The van der Waals surface area contributed by atoms with Gasteiger partial charge in [-0.2, -0.15) is 0 Å². The number of halogens is 2. The van der Waals surface area contributed by atoms with Crippen molar-refractivity contribution in [2.45, 2.75) is 41.8 Å². The van der Waals surface area contributed by atoms with Crippen molar-refractivity contribution in [1.82, 2.24) is 0 Å². The van der Waals surface area contributed by atoms with Gasteiger partial charge in [-0.1, -0.05) is 62.2 Å². The molecule has 148 valence electrons. The van der Waals surface area contributed by atoms with Gasteiger partial charge in [-0.05, 0) is 49.7 Å². The maximum Gasteiger partial charge on any atom is 0.341 e. The molecule has 7 heteroatoms. The van der Waals surface area contributed by atoms with Crippen LogP contribution < -0.4 is 5.32 Å². The molecule has 2 atom stereocenters. The third-order valence-corrected chi connectivity index (χ3v) is 9.39. The fraction of sp³-hybridized carbons (Fsp3) is 0.429. The van der Waals surface area contributed by atoms with E-state index in [0.717, 1.165) is 24.8 Å². The highest BCUT2D eigenvalue weighted by Crippen LogP contribution is 2.66. The van der Waals surface area contributed by atoms with E-state index in [1.54, 1.807) is 0 Å². The van der Waals surface area contributed by atoms with E-state index in [1.807, 2.05) is 13.0 Å². The maximum absolute atomic E-state index is 12.9. The molecule has 0 aliphatic heterocycles. The van der Waals surface area contributed by atoms with Gasteiger partial charge in [0.15, 0.2) is 0 Å². The average Bonchev–Trinajstić information content (AvgIpc) is 3.04. The van der Waals surface area contributed by atoms with Gasteiger partial charge in [0.05, 0.1) is 21.3 Å². The third kappa shape index (κ3) is 3.35. The lowest BCUT2D eigenvalue weighted by Crippen LogP contribution is -2.26. The SMILES string of the molecule is COC(=O)c1c(NC(=O)[C@@]2(C)CC2(Br)Br)sc2c1CC[C@@H](c1ccccc1)C2. The van der Waals surface area contributed by atoms with E-state index >= 15 is 0 Å². The molecule has 2 aliphatic carbocycles. The normalized spacial score (nSPS) is 24.9. The fourth-order valence-electron chi connectivity index (χ4n) is 3.89. The largest absolute Gasteiger partial charge is 0.465 e. The van der Waals surface area contributed by atoms with Crippen LogP contribution in [0.25, 0.3) is 0 Å². The molecule has 1 aromatic carbocycles. The van der Waals surface area contributed by atoms with Crippen LogP contribution in [0.4, 0.5) is 5.00 Å². The zero-order chi connectivity index (χ0) is 20.1. The van der Waals surface area contributed by atoms with E-state index in [4.69, 9.17) is 4.74 Å². The van der Waals surface area contributed by atoms with Crippen LogP contribution in [0, 0.1) is 5.41 Å². The summed E-state index contributed by atoms with van der Waals surface area (Å²) in [5, 5.41) is 3.63. The van der Waals surface area contributed by atoms with Gasteiger partial charge in [0, 0.05) is 4.88 Å². The molecule has 1 aromatic heterocycles. The van der Waals surface area contributed by atoms with E-state index in [1.165, 1.54) is 28.9 Å². The molecular formula is C21H21Br2NO3S. The zero-order valence-corrected chi connectivity index (χ0v) is 19.7. The Morgan fingerprint density at radius 1 is 1.25 bits per heavy atom. The van der Waals surface area contributed by atoms with E-state index in [-0.39, 0.29) is 15.1 Å². The molecule has 4 nitrogen and oxygen atoms in total. The molecule has 28 heavy (non-hydrogen) atoms. The van der Waals surface area contributed by atoms with Crippen LogP contribution >= 0.6 is 43.2 Å². The molecule has 0 saturated heterocycles. The second kappa shape index (κ2) is 7.26. The number of alkyl halides is 2. The minimum atomic E-state index is -0.544. The highest BCUT2D eigenvalue weighted by atomic mass is 79.9. The molecule has 0 unspecified atom stereocenters. The van der Waals surface area contributed by atoms with Gasteiger partial charge >= 0.3 is 5.97 Å². The summed E-state index contributed by atoms with van der Waals surface area (Å²) in [6.45, 7) is 1.91. The predicted octanol–water partition coefficient (Wildman–Crippen LogP) is 5.64. The Bertz CT molecular complexity index is 941. The van der Waals surface area contributed by atoms with Gasteiger partial charge in [-0.15, -0.1) is 11.3 Å². The number of thiophene rings is 1. The lowest BCUT2D eigenvalue weighted by molar-refractivity contribution is -0.120. The first-order chi connectivity index (χ1) is 13.3. The molecule has 0 spiro atoms. The number of rotatable bonds is 4. The van der Waals surface area contributed by atoms with Crippen molar-refractivity contribution >= 4 is 60.1 Å². The lowest BCUT2D eigenvalue weighted by atomic mass is 9.83. The van der Waals surface area contributed by atoms with Crippen molar-refractivity contribution in [2.24, 2.45) is 5.41 Å².